The first-order valence-corrected chi connectivity index (χ1v) is 10.4. The van der Waals surface area contributed by atoms with Crippen molar-refractivity contribution in [1.82, 2.24) is 0 Å². The van der Waals surface area contributed by atoms with Crippen LogP contribution in [0.5, 0.6) is 0 Å². The van der Waals surface area contributed by atoms with Crippen molar-refractivity contribution in [3.05, 3.63) is 40.5 Å². The average molecular weight is 407 g/mol. The number of ketones is 1. The minimum Gasteiger partial charge on any atom is -0.494 e. The van der Waals surface area contributed by atoms with Crippen LogP contribution >= 0.6 is 0 Å². The highest BCUT2D eigenvalue weighted by molar-refractivity contribution is 5.97. The lowest BCUT2D eigenvalue weighted by Gasteiger charge is -2.31. The lowest BCUT2D eigenvalue weighted by atomic mass is 9.79. The molecule has 0 saturated carbocycles. The first-order valence-electron chi connectivity index (χ1n) is 10.4. The van der Waals surface area contributed by atoms with Crippen LogP contribution in [0.1, 0.15) is 66.7 Å². The fourth-order valence-corrected chi connectivity index (χ4v) is 3.48. The van der Waals surface area contributed by atoms with E-state index in [1.807, 2.05) is 20.8 Å². The number of rotatable bonds is 10. The van der Waals surface area contributed by atoms with Crippen molar-refractivity contribution >= 4 is 5.78 Å². The van der Waals surface area contributed by atoms with Gasteiger partial charge in [0.15, 0.2) is 5.76 Å². The molecular weight excluding hydrogens is 368 g/mol. The topological polar surface area (TPSA) is 76.0 Å². The average Bonchev–Trinajstić information content (AvgIpc) is 2.63. The number of carbonyl (C=O) groups is 1. The van der Waals surface area contributed by atoms with Crippen molar-refractivity contribution in [3.63, 3.8) is 0 Å². The lowest BCUT2D eigenvalue weighted by Crippen LogP contribution is -2.39. The summed E-state index contributed by atoms with van der Waals surface area (Å²) >= 11 is 0. The van der Waals surface area contributed by atoms with Crippen molar-refractivity contribution in [3.8, 4) is 0 Å². The molecule has 0 fully saturated rings. The molecule has 164 valence electrons. The number of carbonyl (C=O) groups excluding carboxylic acids is 1. The minimum atomic E-state index is -0.930. The van der Waals surface area contributed by atoms with E-state index in [-0.39, 0.29) is 17.3 Å². The highest BCUT2D eigenvalue weighted by atomic mass is 16.5. The van der Waals surface area contributed by atoms with Crippen LogP contribution in [0.3, 0.4) is 0 Å². The molecule has 0 aliphatic heterocycles. The summed E-state index contributed by atoms with van der Waals surface area (Å²) in [6.45, 7) is 9.59. The number of hydrogen-bond acceptors (Lipinski definition) is 5. The van der Waals surface area contributed by atoms with Crippen LogP contribution < -0.4 is 0 Å². The third kappa shape index (κ3) is 7.85. The van der Waals surface area contributed by atoms with E-state index in [0.717, 1.165) is 37.7 Å². The van der Waals surface area contributed by atoms with Gasteiger partial charge in [-0.15, -0.1) is 5.73 Å². The van der Waals surface area contributed by atoms with Crippen LogP contribution in [0, 0.1) is 11.8 Å². The third-order valence-corrected chi connectivity index (χ3v) is 5.39. The largest absolute Gasteiger partial charge is 0.494 e. The smallest absolute Gasteiger partial charge is 0.204 e. The van der Waals surface area contributed by atoms with Gasteiger partial charge < -0.3 is 19.7 Å². The third-order valence-electron chi connectivity index (χ3n) is 5.39. The first-order chi connectivity index (χ1) is 13.5. The standard InChI is InChI=1S/C24H38O5/c1-16(12-9-15-24(4,5)27)10-8-11-17(2)13-14-19-18(3)20(25)22(28-6)23(29-7)21(19)26/h10,14,18-19,21,26-27H,8-9,11-12,15H2,1-7H3. The maximum atomic E-state index is 12.5. The molecule has 1 aliphatic rings. The van der Waals surface area contributed by atoms with Crippen LogP contribution in [-0.2, 0) is 14.3 Å². The summed E-state index contributed by atoms with van der Waals surface area (Å²) in [7, 11) is 2.84. The Labute approximate surface area is 175 Å². The van der Waals surface area contributed by atoms with Crippen LogP contribution in [0.25, 0.3) is 0 Å². The van der Waals surface area contributed by atoms with E-state index in [1.165, 1.54) is 19.8 Å². The molecule has 1 aliphatic carbocycles. The molecule has 0 amide bonds. The van der Waals surface area contributed by atoms with Gasteiger partial charge in [-0.3, -0.25) is 4.79 Å². The summed E-state index contributed by atoms with van der Waals surface area (Å²) in [5.74, 6) is -0.689. The predicted octanol–water partition coefficient (Wildman–Crippen LogP) is 4.46. The summed E-state index contributed by atoms with van der Waals surface area (Å²) < 4.78 is 10.3. The molecule has 2 N–H and O–H groups in total. The Morgan fingerprint density at radius 3 is 2.41 bits per heavy atom. The van der Waals surface area contributed by atoms with Crippen molar-refractivity contribution in [2.75, 3.05) is 14.2 Å². The van der Waals surface area contributed by atoms with Gasteiger partial charge in [0.2, 0.25) is 11.5 Å². The maximum Gasteiger partial charge on any atom is 0.204 e. The number of aliphatic hydroxyl groups excluding tert-OH is 1. The van der Waals surface area contributed by atoms with Gasteiger partial charge in [-0.05, 0) is 71.4 Å². The van der Waals surface area contributed by atoms with Crippen LogP contribution in [0.2, 0.25) is 0 Å². The van der Waals surface area contributed by atoms with E-state index in [4.69, 9.17) is 9.47 Å². The van der Waals surface area contributed by atoms with Gasteiger partial charge in [-0.2, -0.15) is 0 Å². The fourth-order valence-electron chi connectivity index (χ4n) is 3.48. The predicted molar refractivity (Wildman–Crippen MR) is 115 cm³/mol. The van der Waals surface area contributed by atoms with E-state index < -0.39 is 23.5 Å². The zero-order valence-corrected chi connectivity index (χ0v) is 19.0. The second-order valence-electron chi connectivity index (χ2n) is 8.62. The van der Waals surface area contributed by atoms with Crippen molar-refractivity contribution in [2.24, 2.45) is 11.8 Å². The molecule has 0 radical (unpaired) electrons. The Morgan fingerprint density at radius 1 is 1.21 bits per heavy atom. The first kappa shape index (κ1) is 25.2. The number of allylic oxidation sites excluding steroid dienone is 3. The van der Waals surface area contributed by atoms with Gasteiger partial charge in [0.25, 0.3) is 0 Å². The number of hydrogen-bond donors (Lipinski definition) is 2. The number of ether oxygens (including phenoxy) is 2. The molecule has 5 nitrogen and oxygen atoms in total. The molecule has 0 heterocycles. The van der Waals surface area contributed by atoms with Crippen LogP contribution in [0.15, 0.2) is 40.5 Å². The van der Waals surface area contributed by atoms with Crippen molar-refractivity contribution in [1.29, 1.82) is 0 Å². The lowest BCUT2D eigenvalue weighted by molar-refractivity contribution is -0.127. The van der Waals surface area contributed by atoms with E-state index in [2.05, 4.69) is 18.7 Å². The second kappa shape index (κ2) is 11.4. The molecule has 0 spiro atoms. The number of Topliss-reactive ketones (excluding diaryl/α,β-unsaturated/α-hetero) is 1. The zero-order valence-electron chi connectivity index (χ0n) is 19.0. The summed E-state index contributed by atoms with van der Waals surface area (Å²) in [6.07, 6.45) is 7.63. The molecule has 29 heavy (non-hydrogen) atoms. The monoisotopic (exact) mass is 406 g/mol. The van der Waals surface area contributed by atoms with E-state index in [0.29, 0.717) is 0 Å². The van der Waals surface area contributed by atoms with Gasteiger partial charge in [0.1, 0.15) is 6.10 Å². The van der Waals surface area contributed by atoms with Crippen LogP contribution in [-0.4, -0.2) is 41.9 Å². The minimum absolute atomic E-state index is 0.100. The second-order valence-corrected chi connectivity index (χ2v) is 8.62. The van der Waals surface area contributed by atoms with Gasteiger partial charge in [-0.1, -0.05) is 18.6 Å². The molecule has 3 unspecified atom stereocenters. The van der Waals surface area contributed by atoms with Gasteiger partial charge in [0.05, 0.1) is 19.8 Å². The molecular formula is C24H38O5. The normalized spacial score (nSPS) is 23.0. The molecule has 0 aromatic carbocycles. The highest BCUT2D eigenvalue weighted by Crippen LogP contribution is 2.33. The van der Waals surface area contributed by atoms with E-state index >= 15 is 0 Å². The van der Waals surface area contributed by atoms with Gasteiger partial charge in [0, 0.05) is 11.8 Å². The number of aliphatic hydroxyl groups is 2. The molecule has 0 aromatic heterocycles. The maximum absolute atomic E-state index is 12.5. The number of methoxy groups -OCH3 is 2. The van der Waals surface area contributed by atoms with Crippen LogP contribution in [0.4, 0.5) is 0 Å². The Balaban J connectivity index is 2.72. The molecule has 0 aromatic rings. The molecule has 0 saturated heterocycles. The van der Waals surface area contributed by atoms with Gasteiger partial charge in [-0.25, -0.2) is 0 Å². The Hall–Kier alpha value is -1.81. The Morgan fingerprint density at radius 2 is 1.86 bits per heavy atom. The summed E-state index contributed by atoms with van der Waals surface area (Å²) in [4.78, 5) is 12.5. The van der Waals surface area contributed by atoms with E-state index in [9.17, 15) is 15.0 Å². The SMILES string of the molecule is COC1=C(OC)C(O)C(C=C=C(C)CCC=C(C)CCCC(C)(C)O)C(C)C1=O. The molecule has 5 heteroatoms. The van der Waals surface area contributed by atoms with E-state index in [1.54, 1.807) is 13.0 Å². The fraction of sp³-hybridized carbons (Fsp3) is 0.667. The molecule has 3 atom stereocenters. The van der Waals surface area contributed by atoms with Crippen molar-refractivity contribution < 1.29 is 24.5 Å². The van der Waals surface area contributed by atoms with Crippen molar-refractivity contribution in [2.45, 2.75) is 78.4 Å². The summed E-state index contributed by atoms with van der Waals surface area (Å²) in [5, 5.41) is 20.4. The Kier molecular flexibility index (Phi) is 9.91. The summed E-state index contributed by atoms with van der Waals surface area (Å²) in [6, 6.07) is 0. The summed E-state index contributed by atoms with van der Waals surface area (Å²) in [5.41, 5.74) is 5.04. The molecule has 1 rings (SSSR count). The highest BCUT2D eigenvalue weighted by Gasteiger charge is 2.41. The van der Waals surface area contributed by atoms with Gasteiger partial charge >= 0.3 is 0 Å². The Bertz CT molecular complexity index is 687. The molecule has 0 bridgehead atoms. The quantitative estimate of drug-likeness (QED) is 0.414. The zero-order chi connectivity index (χ0) is 22.2.